The molecule has 1 aliphatic carbocycles. The Morgan fingerprint density at radius 2 is 1.62 bits per heavy atom. The van der Waals surface area contributed by atoms with E-state index in [9.17, 15) is 0 Å². The maximum atomic E-state index is 5.77. The molecule has 2 N–H and O–H groups in total. The molecular formula is C13H27ClN2. The summed E-state index contributed by atoms with van der Waals surface area (Å²) in [4.78, 5) is 2.68. The van der Waals surface area contributed by atoms with Crippen molar-refractivity contribution < 1.29 is 0 Å². The van der Waals surface area contributed by atoms with Crippen LogP contribution in [0.2, 0.25) is 0 Å². The highest BCUT2D eigenvalue weighted by Gasteiger charge is 2.22. The molecule has 3 heteroatoms. The van der Waals surface area contributed by atoms with Gasteiger partial charge >= 0.3 is 0 Å². The van der Waals surface area contributed by atoms with Crippen LogP contribution in [0.4, 0.5) is 0 Å². The number of nitrogens with zero attached hydrogens (tertiary/aromatic N) is 1. The first kappa shape index (κ1) is 14.3. The van der Waals surface area contributed by atoms with Gasteiger partial charge in [-0.1, -0.05) is 19.3 Å². The molecule has 1 aliphatic heterocycles. The van der Waals surface area contributed by atoms with Gasteiger partial charge in [-0.25, -0.2) is 0 Å². The fourth-order valence-corrected chi connectivity index (χ4v) is 3.24. The predicted molar refractivity (Wildman–Crippen MR) is 72.0 cm³/mol. The van der Waals surface area contributed by atoms with E-state index in [1.807, 2.05) is 0 Å². The summed E-state index contributed by atoms with van der Waals surface area (Å²) in [5.74, 6) is 1.78. The van der Waals surface area contributed by atoms with Crippen molar-refractivity contribution in [1.29, 1.82) is 0 Å². The molecule has 96 valence electrons. The van der Waals surface area contributed by atoms with Crippen LogP contribution in [0.5, 0.6) is 0 Å². The van der Waals surface area contributed by atoms with Crippen molar-refractivity contribution in [3.05, 3.63) is 0 Å². The van der Waals surface area contributed by atoms with Crippen LogP contribution in [0, 0.1) is 11.8 Å². The average molecular weight is 247 g/mol. The van der Waals surface area contributed by atoms with Crippen LogP contribution < -0.4 is 5.73 Å². The van der Waals surface area contributed by atoms with E-state index in [-0.39, 0.29) is 12.4 Å². The third-order valence-electron chi connectivity index (χ3n) is 4.18. The second kappa shape index (κ2) is 7.52. The van der Waals surface area contributed by atoms with Gasteiger partial charge < -0.3 is 10.6 Å². The molecule has 2 fully saturated rings. The highest BCUT2D eigenvalue weighted by atomic mass is 35.5. The van der Waals surface area contributed by atoms with Crippen LogP contribution in [-0.2, 0) is 0 Å². The molecule has 0 bridgehead atoms. The van der Waals surface area contributed by atoms with Crippen molar-refractivity contribution in [2.24, 2.45) is 17.6 Å². The first-order chi connectivity index (χ1) is 7.38. The smallest absolute Gasteiger partial charge is 0.00218 e. The predicted octanol–water partition coefficient (Wildman–Crippen LogP) is 2.66. The molecule has 1 saturated carbocycles. The summed E-state index contributed by atoms with van der Waals surface area (Å²) >= 11 is 0. The molecule has 2 aliphatic rings. The maximum absolute atomic E-state index is 5.77. The van der Waals surface area contributed by atoms with Gasteiger partial charge in [-0.05, 0) is 50.6 Å². The molecule has 1 heterocycles. The van der Waals surface area contributed by atoms with Gasteiger partial charge in [-0.15, -0.1) is 12.4 Å². The van der Waals surface area contributed by atoms with Crippen LogP contribution in [0.25, 0.3) is 0 Å². The molecule has 0 amide bonds. The molecule has 0 aromatic rings. The van der Waals surface area contributed by atoms with E-state index in [1.54, 1.807) is 0 Å². The fraction of sp³-hybridized carbons (Fsp3) is 1.00. The minimum atomic E-state index is 0. The largest absolute Gasteiger partial charge is 0.330 e. The maximum Gasteiger partial charge on any atom is 0.00218 e. The van der Waals surface area contributed by atoms with Gasteiger partial charge in [0.05, 0.1) is 0 Å². The van der Waals surface area contributed by atoms with E-state index < -0.39 is 0 Å². The third kappa shape index (κ3) is 4.23. The second-order valence-corrected chi connectivity index (χ2v) is 5.51. The highest BCUT2D eigenvalue weighted by molar-refractivity contribution is 5.85. The lowest BCUT2D eigenvalue weighted by atomic mass is 9.88. The van der Waals surface area contributed by atoms with Gasteiger partial charge in [-0.2, -0.15) is 0 Å². The second-order valence-electron chi connectivity index (χ2n) is 5.51. The number of likely N-dealkylation sites (tertiary alicyclic amines) is 1. The summed E-state index contributed by atoms with van der Waals surface area (Å²) in [5.41, 5.74) is 5.77. The van der Waals surface area contributed by atoms with E-state index >= 15 is 0 Å². The Morgan fingerprint density at radius 3 is 2.31 bits per heavy atom. The van der Waals surface area contributed by atoms with E-state index in [4.69, 9.17) is 5.73 Å². The highest BCUT2D eigenvalue weighted by Crippen LogP contribution is 2.26. The van der Waals surface area contributed by atoms with Crippen molar-refractivity contribution in [2.75, 3.05) is 26.2 Å². The standard InChI is InChI=1S/C13H26N2.ClH/c14-9-13-7-4-8-15(11-13)10-12-5-2-1-3-6-12;/h12-13H,1-11,14H2;1H. The Bertz CT molecular complexity index is 181. The summed E-state index contributed by atoms with van der Waals surface area (Å²) in [6.07, 6.45) is 10.1. The van der Waals surface area contributed by atoms with E-state index in [2.05, 4.69) is 4.90 Å². The molecule has 0 aromatic heterocycles. The van der Waals surface area contributed by atoms with Gasteiger partial charge in [0, 0.05) is 13.1 Å². The van der Waals surface area contributed by atoms with Crippen molar-refractivity contribution in [3.63, 3.8) is 0 Å². The minimum Gasteiger partial charge on any atom is -0.330 e. The molecule has 0 spiro atoms. The van der Waals surface area contributed by atoms with Crippen molar-refractivity contribution in [2.45, 2.75) is 44.9 Å². The first-order valence-corrected chi connectivity index (χ1v) is 6.81. The minimum absolute atomic E-state index is 0. The molecule has 1 atom stereocenters. The number of halogens is 1. The van der Waals surface area contributed by atoms with E-state index in [0.29, 0.717) is 0 Å². The molecule has 0 aromatic carbocycles. The topological polar surface area (TPSA) is 29.3 Å². The van der Waals surface area contributed by atoms with Crippen molar-refractivity contribution in [1.82, 2.24) is 4.90 Å². The Hall–Kier alpha value is 0.210. The molecule has 16 heavy (non-hydrogen) atoms. The molecule has 1 unspecified atom stereocenters. The Balaban J connectivity index is 0.00000128. The van der Waals surface area contributed by atoms with Gasteiger partial charge in [-0.3, -0.25) is 0 Å². The van der Waals surface area contributed by atoms with Crippen LogP contribution >= 0.6 is 12.4 Å². The van der Waals surface area contributed by atoms with E-state index in [0.717, 1.165) is 18.4 Å². The lowest BCUT2D eigenvalue weighted by Crippen LogP contribution is -2.41. The monoisotopic (exact) mass is 246 g/mol. The lowest BCUT2D eigenvalue weighted by molar-refractivity contribution is 0.140. The number of hydrogen-bond acceptors (Lipinski definition) is 2. The number of nitrogens with two attached hydrogens (primary N) is 1. The third-order valence-corrected chi connectivity index (χ3v) is 4.18. The van der Waals surface area contributed by atoms with Crippen LogP contribution in [0.1, 0.15) is 44.9 Å². The van der Waals surface area contributed by atoms with Gasteiger partial charge in [0.1, 0.15) is 0 Å². The van der Waals surface area contributed by atoms with Gasteiger partial charge in [0.2, 0.25) is 0 Å². The van der Waals surface area contributed by atoms with Gasteiger partial charge in [0.25, 0.3) is 0 Å². The zero-order chi connectivity index (χ0) is 10.5. The Morgan fingerprint density at radius 1 is 0.938 bits per heavy atom. The number of hydrogen-bond donors (Lipinski definition) is 1. The quantitative estimate of drug-likeness (QED) is 0.830. The Labute approximate surface area is 106 Å². The zero-order valence-electron chi connectivity index (χ0n) is 10.4. The Kier molecular flexibility index (Phi) is 6.71. The normalized spacial score (nSPS) is 28.7. The van der Waals surface area contributed by atoms with Crippen LogP contribution in [-0.4, -0.2) is 31.1 Å². The summed E-state index contributed by atoms with van der Waals surface area (Å²) in [6, 6.07) is 0. The average Bonchev–Trinajstić information content (AvgIpc) is 2.31. The summed E-state index contributed by atoms with van der Waals surface area (Å²) < 4.78 is 0. The summed E-state index contributed by atoms with van der Waals surface area (Å²) in [5, 5.41) is 0. The zero-order valence-corrected chi connectivity index (χ0v) is 11.2. The molecule has 1 saturated heterocycles. The SMILES string of the molecule is Cl.NCC1CCCN(CC2CCCCC2)C1. The molecular weight excluding hydrogens is 220 g/mol. The summed E-state index contributed by atoms with van der Waals surface area (Å²) in [6.45, 7) is 4.84. The molecule has 2 nitrogen and oxygen atoms in total. The fourth-order valence-electron chi connectivity index (χ4n) is 3.24. The number of piperidine rings is 1. The number of rotatable bonds is 3. The lowest BCUT2D eigenvalue weighted by Gasteiger charge is -2.35. The van der Waals surface area contributed by atoms with Crippen LogP contribution in [0.15, 0.2) is 0 Å². The van der Waals surface area contributed by atoms with Crippen molar-refractivity contribution in [3.8, 4) is 0 Å². The molecule has 0 radical (unpaired) electrons. The van der Waals surface area contributed by atoms with Crippen LogP contribution in [0.3, 0.4) is 0 Å². The first-order valence-electron chi connectivity index (χ1n) is 6.81. The van der Waals surface area contributed by atoms with Gasteiger partial charge in [0.15, 0.2) is 0 Å². The molecule has 2 rings (SSSR count). The summed E-state index contributed by atoms with van der Waals surface area (Å²) in [7, 11) is 0. The van der Waals surface area contributed by atoms with E-state index in [1.165, 1.54) is 64.6 Å². The van der Waals surface area contributed by atoms with Crippen molar-refractivity contribution >= 4 is 12.4 Å².